The Balaban J connectivity index is 1.98. The molecule has 0 aliphatic heterocycles. The summed E-state index contributed by atoms with van der Waals surface area (Å²) in [6.07, 6.45) is 1.42. The minimum absolute atomic E-state index is 0.236. The number of benzene rings is 3. The monoisotopic (exact) mass is 417 g/mol. The van der Waals surface area contributed by atoms with Crippen LogP contribution < -0.4 is 10.1 Å². The molecule has 0 amide bonds. The van der Waals surface area contributed by atoms with Crippen LogP contribution in [-0.2, 0) is 4.79 Å². The summed E-state index contributed by atoms with van der Waals surface area (Å²) in [6.45, 7) is 0. The molecule has 0 radical (unpaired) electrons. The molecular weight excluding hydrogens is 393 g/mol. The van der Waals surface area contributed by atoms with Crippen LogP contribution >= 0.6 is 0 Å². The second-order valence-corrected chi connectivity index (χ2v) is 6.90. The molecule has 3 rings (SSSR count). The van der Waals surface area contributed by atoms with Gasteiger partial charge in [0.2, 0.25) is 5.78 Å². The number of nitrogens with one attached hydrogen (secondary N) is 2. The second kappa shape index (κ2) is 10.3. The minimum Gasteiger partial charge on any atom is -0.497 e. The van der Waals surface area contributed by atoms with E-state index in [2.05, 4.69) is 10.3 Å². The van der Waals surface area contributed by atoms with E-state index in [9.17, 15) is 9.18 Å². The van der Waals surface area contributed by atoms with Crippen molar-refractivity contribution in [1.29, 1.82) is 5.41 Å². The third kappa shape index (κ3) is 5.22. The van der Waals surface area contributed by atoms with Gasteiger partial charge in [-0.05, 0) is 23.8 Å². The van der Waals surface area contributed by atoms with Crippen LogP contribution in [0, 0.1) is 11.2 Å². The Labute approximate surface area is 181 Å². The highest BCUT2D eigenvalue weighted by atomic mass is 19.1. The maximum Gasteiger partial charge on any atom is 0.204 e. The van der Waals surface area contributed by atoms with Gasteiger partial charge in [-0.2, -0.15) is 0 Å². The lowest BCUT2D eigenvalue weighted by atomic mass is 9.88. The van der Waals surface area contributed by atoms with E-state index in [0.29, 0.717) is 17.0 Å². The molecule has 6 heteroatoms. The summed E-state index contributed by atoms with van der Waals surface area (Å²) in [5, 5.41) is 11.8. The maximum atomic E-state index is 14.4. The molecule has 3 aromatic carbocycles. The highest BCUT2D eigenvalue weighted by molar-refractivity contribution is 6.45. The predicted molar refractivity (Wildman–Crippen MR) is 122 cm³/mol. The van der Waals surface area contributed by atoms with Gasteiger partial charge in [0.25, 0.3) is 0 Å². The fraction of sp³-hybridized carbons (Fsp3) is 0.160. The van der Waals surface area contributed by atoms with Gasteiger partial charge in [0.1, 0.15) is 17.6 Å². The molecule has 0 fully saturated rings. The third-order valence-corrected chi connectivity index (χ3v) is 4.89. The number of carbonyl (C=O) groups excluding carboxylic acids is 1. The molecule has 0 saturated heterocycles. The molecule has 158 valence electrons. The maximum absolute atomic E-state index is 14.4. The van der Waals surface area contributed by atoms with Crippen molar-refractivity contribution in [3.8, 4) is 5.75 Å². The molecule has 31 heavy (non-hydrogen) atoms. The number of anilines is 1. The number of Topliss-reactive ketones (excluding diaryl/α,β-unsaturated/α-hetero) is 1. The lowest BCUT2D eigenvalue weighted by molar-refractivity contribution is -0.113. The first-order valence-corrected chi connectivity index (χ1v) is 9.80. The van der Waals surface area contributed by atoms with Crippen molar-refractivity contribution in [3.63, 3.8) is 0 Å². The molecule has 0 bridgehead atoms. The number of hydrogen-bond acceptors (Lipinski definition) is 5. The normalized spacial score (nSPS) is 12.9. The molecule has 2 unspecified atom stereocenters. The van der Waals surface area contributed by atoms with Crippen LogP contribution in [0.3, 0.4) is 0 Å². The molecular formula is C25H24FN3O2. The minimum atomic E-state index is -0.892. The van der Waals surface area contributed by atoms with Crippen molar-refractivity contribution in [2.45, 2.75) is 12.0 Å². The van der Waals surface area contributed by atoms with Crippen molar-refractivity contribution >= 4 is 23.4 Å². The fourth-order valence-corrected chi connectivity index (χ4v) is 3.32. The van der Waals surface area contributed by atoms with Crippen molar-refractivity contribution in [2.24, 2.45) is 4.99 Å². The van der Waals surface area contributed by atoms with Gasteiger partial charge < -0.3 is 15.5 Å². The first-order valence-electron chi connectivity index (χ1n) is 9.80. The Kier molecular flexibility index (Phi) is 7.27. The molecule has 0 saturated carbocycles. The first-order chi connectivity index (χ1) is 15.0. The van der Waals surface area contributed by atoms with Gasteiger partial charge in [0, 0.05) is 30.6 Å². The number of rotatable bonds is 9. The van der Waals surface area contributed by atoms with Crippen molar-refractivity contribution < 1.29 is 13.9 Å². The molecule has 2 N–H and O–H groups in total. The number of nitrogens with zero attached hydrogens (tertiary/aromatic N) is 1. The molecule has 0 heterocycles. The Morgan fingerprint density at radius 2 is 1.77 bits per heavy atom. The Hall–Kier alpha value is -3.80. The zero-order chi connectivity index (χ0) is 22.2. The van der Waals surface area contributed by atoms with E-state index >= 15 is 0 Å². The van der Waals surface area contributed by atoms with E-state index in [1.54, 1.807) is 37.4 Å². The average Bonchev–Trinajstić information content (AvgIpc) is 2.81. The number of ketones is 1. The average molecular weight is 417 g/mol. The first kappa shape index (κ1) is 21.9. The summed E-state index contributed by atoms with van der Waals surface area (Å²) < 4.78 is 19.7. The standard InChI is InChI=1S/C25H24FN3O2/c1-28-16-21(20-13-6-7-14-22(20)26)23(27)25(30)24(17-9-4-3-5-10-17)29-18-11-8-12-19(15-18)31-2/h3-16,21,24,27,29H,1-2H3. The number of aliphatic imine (C=N–C) groups is 1. The van der Waals surface area contributed by atoms with Crippen LogP contribution in [0.1, 0.15) is 23.1 Å². The third-order valence-electron chi connectivity index (χ3n) is 4.89. The molecule has 5 nitrogen and oxygen atoms in total. The van der Waals surface area contributed by atoms with Gasteiger partial charge >= 0.3 is 0 Å². The number of halogens is 1. The summed E-state index contributed by atoms with van der Waals surface area (Å²) >= 11 is 0. The number of methoxy groups -OCH3 is 1. The molecule has 3 aromatic rings. The number of carbonyl (C=O) groups is 1. The lowest BCUT2D eigenvalue weighted by Gasteiger charge is -2.22. The van der Waals surface area contributed by atoms with Gasteiger partial charge in [-0.3, -0.25) is 9.79 Å². The van der Waals surface area contributed by atoms with Crippen molar-refractivity contribution in [1.82, 2.24) is 0 Å². The van der Waals surface area contributed by atoms with Gasteiger partial charge in [-0.1, -0.05) is 54.6 Å². The lowest BCUT2D eigenvalue weighted by Crippen LogP contribution is -2.32. The summed E-state index contributed by atoms with van der Waals surface area (Å²) in [4.78, 5) is 17.5. The largest absolute Gasteiger partial charge is 0.497 e. The molecule has 0 spiro atoms. The van der Waals surface area contributed by atoms with E-state index in [-0.39, 0.29) is 11.3 Å². The van der Waals surface area contributed by atoms with Crippen LogP contribution in [0.5, 0.6) is 5.75 Å². The van der Waals surface area contributed by atoms with Crippen LogP contribution in [-0.4, -0.2) is 31.9 Å². The van der Waals surface area contributed by atoms with E-state index in [1.165, 1.54) is 19.3 Å². The SMILES string of the molecule is CN=CC(C(=N)C(=O)C(Nc1cccc(OC)c1)c1ccccc1)c1ccccc1F. The number of ether oxygens (including phenoxy) is 1. The molecule has 0 aliphatic carbocycles. The number of hydrogen-bond donors (Lipinski definition) is 2. The zero-order valence-electron chi connectivity index (χ0n) is 17.4. The molecule has 0 aromatic heterocycles. The topological polar surface area (TPSA) is 74.5 Å². The van der Waals surface area contributed by atoms with Crippen LogP contribution in [0.2, 0.25) is 0 Å². The zero-order valence-corrected chi connectivity index (χ0v) is 17.4. The summed E-state index contributed by atoms with van der Waals surface area (Å²) in [5.41, 5.74) is 1.35. The van der Waals surface area contributed by atoms with Crippen molar-refractivity contribution in [3.05, 3.63) is 95.8 Å². The van der Waals surface area contributed by atoms with Crippen LogP contribution in [0.4, 0.5) is 10.1 Å². The Bertz CT molecular complexity index is 1080. The van der Waals surface area contributed by atoms with Crippen molar-refractivity contribution in [2.75, 3.05) is 19.5 Å². The fourth-order valence-electron chi connectivity index (χ4n) is 3.32. The quantitative estimate of drug-likeness (QED) is 0.478. The second-order valence-electron chi connectivity index (χ2n) is 6.90. The summed E-state index contributed by atoms with van der Waals surface area (Å²) in [6, 6.07) is 21.6. The van der Waals surface area contributed by atoms with Crippen LogP contribution in [0.25, 0.3) is 0 Å². The molecule has 2 atom stereocenters. The Morgan fingerprint density at radius 3 is 2.45 bits per heavy atom. The van der Waals surface area contributed by atoms with Gasteiger partial charge in [-0.25, -0.2) is 4.39 Å². The van der Waals surface area contributed by atoms with E-state index in [4.69, 9.17) is 10.1 Å². The van der Waals surface area contributed by atoms with Gasteiger partial charge in [0.05, 0.1) is 18.7 Å². The summed E-state index contributed by atoms with van der Waals surface area (Å²) in [5.74, 6) is -1.21. The highest BCUT2D eigenvalue weighted by Crippen LogP contribution is 2.27. The smallest absolute Gasteiger partial charge is 0.204 e. The van der Waals surface area contributed by atoms with Gasteiger partial charge in [0.15, 0.2) is 0 Å². The Morgan fingerprint density at radius 1 is 1.06 bits per heavy atom. The predicted octanol–water partition coefficient (Wildman–Crippen LogP) is 5.06. The van der Waals surface area contributed by atoms with E-state index < -0.39 is 23.6 Å². The molecule has 0 aliphatic rings. The van der Waals surface area contributed by atoms with E-state index in [1.807, 2.05) is 42.5 Å². The van der Waals surface area contributed by atoms with E-state index in [0.717, 1.165) is 0 Å². The van der Waals surface area contributed by atoms with Crippen LogP contribution in [0.15, 0.2) is 83.9 Å². The summed E-state index contributed by atoms with van der Waals surface area (Å²) in [7, 11) is 3.10. The highest BCUT2D eigenvalue weighted by Gasteiger charge is 2.30. The van der Waals surface area contributed by atoms with Gasteiger partial charge in [-0.15, -0.1) is 0 Å².